The predicted molar refractivity (Wildman–Crippen MR) is 61.3 cm³/mol. The molecule has 6 nitrogen and oxygen atoms in total. The van der Waals surface area contributed by atoms with E-state index < -0.39 is 0 Å². The summed E-state index contributed by atoms with van der Waals surface area (Å²) in [5.74, 6) is 0.317. The lowest BCUT2D eigenvalue weighted by Crippen LogP contribution is -2.41. The number of nitrogens with one attached hydrogen (secondary N) is 1. The first-order valence-corrected chi connectivity index (χ1v) is 5.69. The number of amides is 1. The maximum atomic E-state index is 11.7. The highest BCUT2D eigenvalue weighted by Gasteiger charge is 2.15. The molecule has 1 amide bonds. The Balaban J connectivity index is 2.10. The summed E-state index contributed by atoms with van der Waals surface area (Å²) in [5.41, 5.74) is 5.30. The lowest BCUT2D eigenvalue weighted by molar-refractivity contribution is -0.131. The molecule has 0 bridgehead atoms. The normalized spacial score (nSPS) is 17.5. The van der Waals surface area contributed by atoms with Gasteiger partial charge in [-0.3, -0.25) is 4.79 Å². The van der Waals surface area contributed by atoms with Gasteiger partial charge < -0.3 is 21.2 Å². The van der Waals surface area contributed by atoms with E-state index in [4.69, 9.17) is 10.9 Å². The molecule has 1 heterocycles. The molecule has 0 radical (unpaired) electrons. The van der Waals surface area contributed by atoms with Crippen molar-refractivity contribution in [2.75, 3.05) is 26.2 Å². The summed E-state index contributed by atoms with van der Waals surface area (Å²) in [7, 11) is 0. The van der Waals surface area contributed by atoms with Crippen molar-refractivity contribution in [2.24, 2.45) is 10.9 Å². The Kier molecular flexibility index (Phi) is 5.63. The third-order valence-corrected chi connectivity index (χ3v) is 2.67. The molecule has 0 aliphatic carbocycles. The van der Waals surface area contributed by atoms with Crippen LogP contribution in [-0.2, 0) is 4.79 Å². The summed E-state index contributed by atoms with van der Waals surface area (Å²) in [6.45, 7) is 2.63. The average Bonchev–Trinajstić information content (AvgIpc) is 2.35. The van der Waals surface area contributed by atoms with E-state index in [1.807, 2.05) is 4.90 Å². The molecule has 1 aliphatic rings. The fourth-order valence-corrected chi connectivity index (χ4v) is 1.72. The van der Waals surface area contributed by atoms with Crippen LogP contribution in [0.15, 0.2) is 5.16 Å². The first kappa shape index (κ1) is 12.8. The Morgan fingerprint density at radius 3 is 2.69 bits per heavy atom. The molecule has 0 aromatic heterocycles. The smallest absolute Gasteiger partial charge is 0.236 e. The fourth-order valence-electron chi connectivity index (χ4n) is 1.72. The first-order chi connectivity index (χ1) is 7.74. The van der Waals surface area contributed by atoms with E-state index in [0.29, 0.717) is 19.5 Å². The number of nitrogens with zero attached hydrogens (tertiary/aromatic N) is 2. The summed E-state index contributed by atoms with van der Waals surface area (Å²) < 4.78 is 0. The minimum absolute atomic E-state index is 0.138. The van der Waals surface area contributed by atoms with Crippen LogP contribution in [0.2, 0.25) is 0 Å². The van der Waals surface area contributed by atoms with Gasteiger partial charge >= 0.3 is 0 Å². The number of carbonyl (C=O) groups excluding carboxylic acids is 1. The Morgan fingerprint density at radius 1 is 1.38 bits per heavy atom. The van der Waals surface area contributed by atoms with E-state index in [1.165, 1.54) is 6.42 Å². The molecule has 1 rings (SSSR count). The van der Waals surface area contributed by atoms with Crippen LogP contribution in [0.4, 0.5) is 0 Å². The number of likely N-dealkylation sites (tertiary alicyclic amines) is 1. The van der Waals surface area contributed by atoms with Crippen molar-refractivity contribution in [1.82, 2.24) is 10.2 Å². The fraction of sp³-hybridized carbons (Fsp3) is 0.800. The van der Waals surface area contributed by atoms with Crippen molar-refractivity contribution in [3.05, 3.63) is 0 Å². The van der Waals surface area contributed by atoms with Gasteiger partial charge in [-0.15, -0.1) is 0 Å². The Labute approximate surface area is 95.5 Å². The minimum atomic E-state index is 0.138. The maximum Gasteiger partial charge on any atom is 0.236 e. The summed E-state index contributed by atoms with van der Waals surface area (Å²) >= 11 is 0. The van der Waals surface area contributed by atoms with Crippen LogP contribution in [0.1, 0.15) is 25.7 Å². The number of amidine groups is 1. The van der Waals surface area contributed by atoms with Gasteiger partial charge in [0.15, 0.2) is 0 Å². The van der Waals surface area contributed by atoms with E-state index >= 15 is 0 Å². The number of rotatable bonds is 5. The van der Waals surface area contributed by atoms with Crippen LogP contribution in [0.25, 0.3) is 0 Å². The van der Waals surface area contributed by atoms with E-state index in [0.717, 1.165) is 25.9 Å². The van der Waals surface area contributed by atoms with Gasteiger partial charge in [0.05, 0.1) is 6.54 Å². The van der Waals surface area contributed by atoms with Gasteiger partial charge in [0.25, 0.3) is 0 Å². The standard InChI is InChI=1S/C10H20N4O2/c11-9(13-16)4-5-12-8-10(15)14-6-2-1-3-7-14/h12,16H,1-8H2,(H2,11,13). The first-order valence-electron chi connectivity index (χ1n) is 5.69. The molecule has 0 unspecified atom stereocenters. The van der Waals surface area contributed by atoms with E-state index in [2.05, 4.69) is 10.5 Å². The zero-order chi connectivity index (χ0) is 11.8. The third-order valence-electron chi connectivity index (χ3n) is 2.67. The number of piperidine rings is 1. The maximum absolute atomic E-state index is 11.7. The zero-order valence-corrected chi connectivity index (χ0v) is 9.48. The number of oxime groups is 1. The predicted octanol–water partition coefficient (Wildman–Crippen LogP) is -0.275. The van der Waals surface area contributed by atoms with Crippen molar-refractivity contribution in [2.45, 2.75) is 25.7 Å². The highest BCUT2D eigenvalue weighted by Crippen LogP contribution is 2.07. The molecule has 4 N–H and O–H groups in total. The molecule has 1 saturated heterocycles. The van der Waals surface area contributed by atoms with Crippen LogP contribution < -0.4 is 11.1 Å². The monoisotopic (exact) mass is 228 g/mol. The summed E-state index contributed by atoms with van der Waals surface area (Å²) in [4.78, 5) is 13.6. The van der Waals surface area contributed by atoms with Crippen molar-refractivity contribution in [3.63, 3.8) is 0 Å². The van der Waals surface area contributed by atoms with Crippen molar-refractivity contribution >= 4 is 11.7 Å². The third kappa shape index (κ3) is 4.48. The van der Waals surface area contributed by atoms with E-state index in [9.17, 15) is 4.79 Å². The number of nitrogens with two attached hydrogens (primary N) is 1. The van der Waals surface area contributed by atoms with Crippen LogP contribution >= 0.6 is 0 Å². The van der Waals surface area contributed by atoms with Crippen molar-refractivity contribution in [3.8, 4) is 0 Å². The highest BCUT2D eigenvalue weighted by atomic mass is 16.4. The second-order valence-electron chi connectivity index (χ2n) is 3.96. The molecular formula is C10H20N4O2. The minimum Gasteiger partial charge on any atom is -0.409 e. The van der Waals surface area contributed by atoms with Gasteiger partial charge in [0.2, 0.25) is 5.91 Å². The molecule has 1 aliphatic heterocycles. The SMILES string of the molecule is NC(CCNCC(=O)N1CCCCC1)=NO. The van der Waals surface area contributed by atoms with Crippen molar-refractivity contribution < 1.29 is 10.0 Å². The molecule has 0 aromatic carbocycles. The molecule has 0 saturated carbocycles. The van der Waals surface area contributed by atoms with Crippen LogP contribution in [0.5, 0.6) is 0 Å². The highest BCUT2D eigenvalue weighted by molar-refractivity contribution is 5.80. The Morgan fingerprint density at radius 2 is 2.06 bits per heavy atom. The van der Waals surface area contributed by atoms with E-state index in [1.54, 1.807) is 0 Å². The van der Waals surface area contributed by atoms with Gasteiger partial charge in [-0.25, -0.2) is 0 Å². The summed E-state index contributed by atoms with van der Waals surface area (Å²) in [6.07, 6.45) is 3.89. The largest absolute Gasteiger partial charge is 0.409 e. The lowest BCUT2D eigenvalue weighted by atomic mass is 10.1. The topological polar surface area (TPSA) is 91.0 Å². The Bertz CT molecular complexity index is 249. The summed E-state index contributed by atoms with van der Waals surface area (Å²) in [5, 5.41) is 14.1. The van der Waals surface area contributed by atoms with Gasteiger partial charge in [0, 0.05) is 26.1 Å². The number of hydrogen-bond donors (Lipinski definition) is 3. The van der Waals surface area contributed by atoms with Crippen LogP contribution in [0, 0.1) is 0 Å². The van der Waals surface area contributed by atoms with E-state index in [-0.39, 0.29) is 11.7 Å². The second kappa shape index (κ2) is 7.05. The summed E-state index contributed by atoms with van der Waals surface area (Å²) in [6, 6.07) is 0. The van der Waals surface area contributed by atoms with Gasteiger partial charge in [0.1, 0.15) is 5.84 Å². The van der Waals surface area contributed by atoms with Crippen LogP contribution in [-0.4, -0.2) is 48.0 Å². The average molecular weight is 228 g/mol. The molecule has 0 spiro atoms. The quantitative estimate of drug-likeness (QED) is 0.198. The number of hydrogen-bond acceptors (Lipinski definition) is 4. The van der Waals surface area contributed by atoms with Gasteiger partial charge in [-0.1, -0.05) is 5.16 Å². The molecule has 0 aromatic rings. The van der Waals surface area contributed by atoms with Crippen LogP contribution in [0.3, 0.4) is 0 Å². The molecule has 16 heavy (non-hydrogen) atoms. The van der Waals surface area contributed by atoms with Gasteiger partial charge in [-0.2, -0.15) is 0 Å². The molecular weight excluding hydrogens is 208 g/mol. The molecule has 0 atom stereocenters. The molecule has 92 valence electrons. The number of carbonyl (C=O) groups is 1. The van der Waals surface area contributed by atoms with Crippen molar-refractivity contribution in [1.29, 1.82) is 0 Å². The van der Waals surface area contributed by atoms with Gasteiger partial charge in [-0.05, 0) is 19.3 Å². The lowest BCUT2D eigenvalue weighted by Gasteiger charge is -2.26. The zero-order valence-electron chi connectivity index (χ0n) is 9.48. The molecule has 6 heteroatoms. The molecule has 1 fully saturated rings. The Hall–Kier alpha value is -1.30. The second-order valence-corrected chi connectivity index (χ2v) is 3.96.